The first-order chi connectivity index (χ1) is 12.5. The second-order valence-electron chi connectivity index (χ2n) is 5.81. The summed E-state index contributed by atoms with van der Waals surface area (Å²) in [5.41, 5.74) is 3.94. The number of aliphatic imine (C=N–C) groups is 1. The van der Waals surface area contributed by atoms with Crippen molar-refractivity contribution < 1.29 is 13.2 Å². The normalized spacial score (nSPS) is 12.8. The maximum Gasteiger partial charge on any atom is 0.409 e. The van der Waals surface area contributed by atoms with Crippen molar-refractivity contribution in [1.29, 1.82) is 0 Å². The molecule has 0 amide bonds. The van der Waals surface area contributed by atoms with Crippen molar-refractivity contribution in [2.24, 2.45) is 10.7 Å². The van der Waals surface area contributed by atoms with Crippen LogP contribution in [-0.4, -0.2) is 12.0 Å². The molecule has 3 aromatic carbocycles. The van der Waals surface area contributed by atoms with Gasteiger partial charge in [0.05, 0.1) is 5.69 Å². The van der Waals surface area contributed by atoms with Gasteiger partial charge in [-0.3, -0.25) is 0 Å². The van der Waals surface area contributed by atoms with E-state index in [1.165, 1.54) is 24.3 Å². The van der Waals surface area contributed by atoms with Crippen LogP contribution in [0.5, 0.6) is 0 Å². The van der Waals surface area contributed by atoms with Crippen LogP contribution in [-0.2, 0) is 5.41 Å². The average molecular weight is 354 g/mol. The third-order valence-corrected chi connectivity index (χ3v) is 4.23. The first kappa shape index (κ1) is 17.7. The summed E-state index contributed by atoms with van der Waals surface area (Å²) in [7, 11) is 0. The smallest absolute Gasteiger partial charge is 0.386 e. The van der Waals surface area contributed by atoms with E-state index in [2.05, 4.69) is 4.99 Å². The fourth-order valence-corrected chi connectivity index (χ4v) is 3.04. The van der Waals surface area contributed by atoms with Crippen LogP contribution >= 0.6 is 0 Å². The van der Waals surface area contributed by atoms with Crippen LogP contribution in [0.2, 0.25) is 0 Å². The zero-order chi connectivity index (χ0) is 18.6. The van der Waals surface area contributed by atoms with E-state index in [4.69, 9.17) is 5.73 Å². The lowest BCUT2D eigenvalue weighted by Crippen LogP contribution is -2.53. The second kappa shape index (κ2) is 7.04. The molecule has 0 atom stereocenters. The summed E-state index contributed by atoms with van der Waals surface area (Å²) < 4.78 is 43.6. The minimum Gasteiger partial charge on any atom is -0.386 e. The highest BCUT2D eigenvalue weighted by atomic mass is 19.4. The van der Waals surface area contributed by atoms with E-state index >= 15 is 0 Å². The second-order valence-corrected chi connectivity index (χ2v) is 5.81. The van der Waals surface area contributed by atoms with Crippen LogP contribution in [0.1, 0.15) is 11.1 Å². The van der Waals surface area contributed by atoms with Gasteiger partial charge < -0.3 is 5.73 Å². The fourth-order valence-electron chi connectivity index (χ4n) is 3.04. The molecular weight excluding hydrogens is 337 g/mol. The van der Waals surface area contributed by atoms with Gasteiger partial charge in [0.2, 0.25) is 0 Å². The van der Waals surface area contributed by atoms with Gasteiger partial charge in [0.25, 0.3) is 0 Å². The molecule has 2 N–H and O–H groups in total. The van der Waals surface area contributed by atoms with Gasteiger partial charge in [0.15, 0.2) is 5.41 Å². The number of rotatable bonds is 4. The third-order valence-electron chi connectivity index (χ3n) is 4.23. The lowest BCUT2D eigenvalue weighted by Gasteiger charge is -2.36. The minimum absolute atomic E-state index is 0.0240. The minimum atomic E-state index is -4.68. The molecule has 0 bridgehead atoms. The molecule has 3 aromatic rings. The van der Waals surface area contributed by atoms with Crippen LogP contribution in [0.4, 0.5) is 18.9 Å². The van der Waals surface area contributed by atoms with Gasteiger partial charge in [0.1, 0.15) is 5.84 Å². The van der Waals surface area contributed by atoms with Crippen molar-refractivity contribution in [3.8, 4) is 0 Å². The molecule has 0 aliphatic heterocycles. The number of nitrogens with zero attached hydrogens (tertiary/aromatic N) is 1. The summed E-state index contributed by atoms with van der Waals surface area (Å²) in [6.07, 6.45) is -4.68. The maximum atomic E-state index is 14.5. The molecule has 0 heterocycles. The van der Waals surface area contributed by atoms with Crippen molar-refractivity contribution in [2.45, 2.75) is 11.6 Å². The topological polar surface area (TPSA) is 38.4 Å². The van der Waals surface area contributed by atoms with Gasteiger partial charge in [-0.2, -0.15) is 13.2 Å². The van der Waals surface area contributed by atoms with E-state index in [0.717, 1.165) is 0 Å². The van der Waals surface area contributed by atoms with Gasteiger partial charge in [-0.05, 0) is 23.3 Å². The van der Waals surface area contributed by atoms with Crippen LogP contribution in [0.3, 0.4) is 0 Å². The molecule has 0 spiro atoms. The van der Waals surface area contributed by atoms with Gasteiger partial charge in [-0.1, -0.05) is 78.9 Å². The van der Waals surface area contributed by atoms with Crippen LogP contribution in [0, 0.1) is 0 Å². The summed E-state index contributed by atoms with van der Waals surface area (Å²) in [4.78, 5) is 4.13. The highest BCUT2D eigenvalue weighted by Crippen LogP contribution is 2.47. The molecule has 0 saturated carbocycles. The van der Waals surface area contributed by atoms with Crippen LogP contribution in [0.15, 0.2) is 96.0 Å². The van der Waals surface area contributed by atoms with E-state index in [1.807, 2.05) is 0 Å². The van der Waals surface area contributed by atoms with Crippen LogP contribution < -0.4 is 5.73 Å². The maximum absolute atomic E-state index is 14.5. The molecule has 2 nitrogen and oxygen atoms in total. The Bertz CT molecular complexity index is 834. The number of amidine groups is 1. The van der Waals surface area contributed by atoms with E-state index < -0.39 is 17.4 Å². The standard InChI is InChI=1S/C21H17F3N2/c22-21(23,24)20(16-10-4-1-5-11-16,17-12-6-2-7-13-17)19(25)26-18-14-8-3-9-15-18/h1-15H,(H2,25,26). The Morgan fingerprint density at radius 3 is 1.42 bits per heavy atom. The predicted octanol–water partition coefficient (Wildman–Crippen LogP) is 5.22. The summed E-state index contributed by atoms with van der Waals surface area (Å²) in [6.45, 7) is 0. The molecule has 0 radical (unpaired) electrons. The van der Waals surface area contributed by atoms with E-state index in [9.17, 15) is 13.2 Å². The van der Waals surface area contributed by atoms with Gasteiger partial charge in [-0.15, -0.1) is 0 Å². The molecule has 26 heavy (non-hydrogen) atoms. The molecular formula is C21H17F3N2. The van der Waals surface area contributed by atoms with E-state index in [-0.39, 0.29) is 11.1 Å². The molecule has 0 aliphatic carbocycles. The highest BCUT2D eigenvalue weighted by molar-refractivity contribution is 5.98. The highest BCUT2D eigenvalue weighted by Gasteiger charge is 2.60. The Labute approximate surface area is 149 Å². The van der Waals surface area contributed by atoms with Gasteiger partial charge in [0, 0.05) is 0 Å². The molecule has 0 saturated heterocycles. The van der Waals surface area contributed by atoms with E-state index in [1.54, 1.807) is 66.7 Å². The fraction of sp³-hybridized carbons (Fsp3) is 0.0952. The third kappa shape index (κ3) is 3.08. The van der Waals surface area contributed by atoms with Crippen molar-refractivity contribution in [3.05, 3.63) is 102 Å². The molecule has 0 fully saturated rings. The lowest BCUT2D eigenvalue weighted by molar-refractivity contribution is -0.158. The van der Waals surface area contributed by atoms with Gasteiger partial charge >= 0.3 is 6.18 Å². The Kier molecular flexibility index (Phi) is 4.80. The first-order valence-electron chi connectivity index (χ1n) is 8.03. The number of hydrogen-bond donors (Lipinski definition) is 1. The van der Waals surface area contributed by atoms with Crippen molar-refractivity contribution in [2.75, 3.05) is 0 Å². The summed E-state index contributed by atoms with van der Waals surface area (Å²) in [5, 5.41) is 0. The summed E-state index contributed by atoms with van der Waals surface area (Å²) in [5.74, 6) is -0.520. The monoisotopic (exact) mass is 354 g/mol. The molecule has 5 heteroatoms. The number of halogens is 3. The largest absolute Gasteiger partial charge is 0.409 e. The molecule has 0 aliphatic rings. The number of benzene rings is 3. The number of para-hydroxylation sites is 1. The Balaban J connectivity index is 2.33. The first-order valence-corrected chi connectivity index (χ1v) is 8.03. The Hall–Kier alpha value is -3.08. The molecule has 3 rings (SSSR count). The average Bonchev–Trinajstić information content (AvgIpc) is 2.64. The zero-order valence-corrected chi connectivity index (χ0v) is 13.8. The summed E-state index contributed by atoms with van der Waals surface area (Å²) in [6, 6.07) is 23.7. The molecule has 0 aromatic heterocycles. The van der Waals surface area contributed by atoms with Crippen molar-refractivity contribution in [3.63, 3.8) is 0 Å². The number of hydrogen-bond acceptors (Lipinski definition) is 1. The lowest BCUT2D eigenvalue weighted by atomic mass is 9.72. The zero-order valence-electron chi connectivity index (χ0n) is 13.8. The van der Waals surface area contributed by atoms with Gasteiger partial charge in [-0.25, -0.2) is 4.99 Å². The number of nitrogens with two attached hydrogens (primary N) is 1. The SMILES string of the molecule is NC(=Nc1ccccc1)C(c1ccccc1)(c1ccccc1)C(F)(F)F. The van der Waals surface area contributed by atoms with Crippen molar-refractivity contribution >= 4 is 11.5 Å². The van der Waals surface area contributed by atoms with E-state index in [0.29, 0.717) is 5.69 Å². The molecule has 0 unspecified atom stereocenters. The van der Waals surface area contributed by atoms with Crippen molar-refractivity contribution in [1.82, 2.24) is 0 Å². The summed E-state index contributed by atoms with van der Waals surface area (Å²) >= 11 is 0. The quantitative estimate of drug-likeness (QED) is 0.506. The Morgan fingerprint density at radius 2 is 1.04 bits per heavy atom. The Morgan fingerprint density at radius 1 is 0.654 bits per heavy atom. The molecule has 132 valence electrons. The van der Waals surface area contributed by atoms with Crippen LogP contribution in [0.25, 0.3) is 0 Å². The predicted molar refractivity (Wildman–Crippen MR) is 97.4 cm³/mol. The number of alkyl halides is 3.